The number of hydrogen-bond donors (Lipinski definition) is 0. The highest BCUT2D eigenvalue weighted by molar-refractivity contribution is 6.71. The SMILES string of the molecule is CO[Si](C)(CC[Si](OC)(OC)N1CCOCC1)OC. The van der Waals surface area contributed by atoms with Crippen LogP contribution in [-0.4, -0.2) is 76.6 Å². The van der Waals surface area contributed by atoms with Crippen LogP contribution >= 0.6 is 0 Å². The van der Waals surface area contributed by atoms with Gasteiger partial charge in [-0.25, -0.2) is 0 Å². The molecule has 0 N–H and O–H groups in total. The Morgan fingerprint density at radius 2 is 1.42 bits per heavy atom. The van der Waals surface area contributed by atoms with E-state index in [1.807, 2.05) is 0 Å². The van der Waals surface area contributed by atoms with Crippen LogP contribution in [0.5, 0.6) is 0 Å². The Morgan fingerprint density at radius 1 is 0.895 bits per heavy atom. The third-order valence-corrected chi connectivity index (χ3v) is 10.8. The van der Waals surface area contributed by atoms with Gasteiger partial charge in [0.15, 0.2) is 0 Å². The van der Waals surface area contributed by atoms with E-state index in [1.54, 1.807) is 28.4 Å². The summed E-state index contributed by atoms with van der Waals surface area (Å²) < 4.78 is 30.4. The van der Waals surface area contributed by atoms with Crippen LogP contribution < -0.4 is 0 Å². The van der Waals surface area contributed by atoms with Gasteiger partial charge in [-0.2, -0.15) is 0 Å². The van der Waals surface area contributed by atoms with Crippen LogP contribution in [0.1, 0.15) is 0 Å². The number of morpholine rings is 1. The quantitative estimate of drug-likeness (QED) is 0.621. The van der Waals surface area contributed by atoms with E-state index in [0.29, 0.717) is 0 Å². The molecule has 0 saturated carbocycles. The summed E-state index contributed by atoms with van der Waals surface area (Å²) >= 11 is 0. The molecule has 0 aromatic rings. The molecule has 1 aliphatic heterocycles. The fraction of sp³-hybridized carbons (Fsp3) is 1.00. The lowest BCUT2D eigenvalue weighted by Gasteiger charge is -2.40. The highest BCUT2D eigenvalue weighted by atomic mass is 28.4. The highest BCUT2D eigenvalue weighted by Crippen LogP contribution is 2.26. The second kappa shape index (κ2) is 7.84. The maximum absolute atomic E-state index is 5.81. The van der Waals surface area contributed by atoms with Gasteiger partial charge in [-0.1, -0.05) is 0 Å². The molecule has 0 bridgehead atoms. The van der Waals surface area contributed by atoms with E-state index < -0.39 is 17.3 Å². The molecule has 1 fully saturated rings. The molecule has 114 valence electrons. The average molecular weight is 310 g/mol. The summed E-state index contributed by atoms with van der Waals surface area (Å²) in [6, 6.07) is 1.72. The van der Waals surface area contributed by atoms with Gasteiger partial charge in [-0.05, 0) is 12.6 Å². The zero-order chi connectivity index (χ0) is 14.4. The molecule has 1 saturated heterocycles. The third kappa shape index (κ3) is 4.33. The minimum atomic E-state index is -2.36. The van der Waals surface area contributed by atoms with Crippen molar-refractivity contribution in [2.45, 2.75) is 18.6 Å². The van der Waals surface area contributed by atoms with Gasteiger partial charge in [0.2, 0.25) is 0 Å². The molecule has 6 nitrogen and oxygen atoms in total. The number of nitrogens with zero attached hydrogens (tertiary/aromatic N) is 1. The van der Waals surface area contributed by atoms with E-state index in [9.17, 15) is 0 Å². The van der Waals surface area contributed by atoms with Crippen LogP contribution in [0.2, 0.25) is 18.6 Å². The normalized spacial score (nSPS) is 18.8. The molecule has 1 heterocycles. The van der Waals surface area contributed by atoms with Crippen LogP contribution in [0.4, 0.5) is 0 Å². The van der Waals surface area contributed by atoms with E-state index in [-0.39, 0.29) is 0 Å². The summed E-state index contributed by atoms with van der Waals surface area (Å²) in [5, 5.41) is 0. The average Bonchev–Trinajstić information content (AvgIpc) is 2.49. The first-order valence-corrected chi connectivity index (χ1v) is 11.1. The predicted octanol–water partition coefficient (Wildman–Crippen LogP) is 0.915. The van der Waals surface area contributed by atoms with Gasteiger partial charge in [0.1, 0.15) is 0 Å². The topological polar surface area (TPSA) is 49.4 Å². The largest absolute Gasteiger partial charge is 0.427 e. The van der Waals surface area contributed by atoms with Crippen molar-refractivity contribution in [2.24, 2.45) is 0 Å². The Labute approximate surface area is 118 Å². The van der Waals surface area contributed by atoms with E-state index in [1.165, 1.54) is 0 Å². The van der Waals surface area contributed by atoms with Crippen molar-refractivity contribution in [2.75, 3.05) is 54.7 Å². The second-order valence-corrected chi connectivity index (χ2v) is 11.7. The Kier molecular flexibility index (Phi) is 7.12. The summed E-state index contributed by atoms with van der Waals surface area (Å²) in [6.07, 6.45) is 0. The maximum Gasteiger partial charge on any atom is 0.427 e. The van der Waals surface area contributed by atoms with E-state index >= 15 is 0 Å². The van der Waals surface area contributed by atoms with Gasteiger partial charge >= 0.3 is 17.3 Å². The van der Waals surface area contributed by atoms with Crippen molar-refractivity contribution in [3.8, 4) is 0 Å². The summed E-state index contributed by atoms with van der Waals surface area (Å²) in [6.45, 7) is 5.28. The molecule has 19 heavy (non-hydrogen) atoms. The minimum Gasteiger partial charge on any atom is -0.398 e. The lowest BCUT2D eigenvalue weighted by atomic mass is 10.5. The van der Waals surface area contributed by atoms with E-state index in [2.05, 4.69) is 11.1 Å². The first-order valence-electron chi connectivity index (χ1n) is 6.59. The monoisotopic (exact) mass is 309 g/mol. The van der Waals surface area contributed by atoms with Gasteiger partial charge in [-0.15, -0.1) is 0 Å². The molecule has 0 amide bonds. The molecular formula is C11H27NO5Si2. The van der Waals surface area contributed by atoms with Crippen LogP contribution in [0, 0.1) is 0 Å². The van der Waals surface area contributed by atoms with Crippen LogP contribution in [0.15, 0.2) is 0 Å². The van der Waals surface area contributed by atoms with Gasteiger partial charge in [-0.3, -0.25) is 4.57 Å². The zero-order valence-electron chi connectivity index (χ0n) is 12.7. The van der Waals surface area contributed by atoms with Crippen LogP contribution in [0.3, 0.4) is 0 Å². The zero-order valence-corrected chi connectivity index (χ0v) is 14.7. The fourth-order valence-corrected chi connectivity index (χ4v) is 8.21. The van der Waals surface area contributed by atoms with Gasteiger partial charge < -0.3 is 22.4 Å². The van der Waals surface area contributed by atoms with Crippen molar-refractivity contribution in [1.29, 1.82) is 0 Å². The molecular weight excluding hydrogens is 282 g/mol. The number of ether oxygens (including phenoxy) is 1. The van der Waals surface area contributed by atoms with E-state index in [0.717, 1.165) is 38.4 Å². The highest BCUT2D eigenvalue weighted by Gasteiger charge is 2.46. The molecule has 0 aliphatic carbocycles. The van der Waals surface area contributed by atoms with Crippen molar-refractivity contribution >= 4 is 17.3 Å². The molecule has 0 atom stereocenters. The molecule has 0 aromatic heterocycles. The lowest BCUT2D eigenvalue weighted by Crippen LogP contribution is -2.61. The summed E-state index contributed by atoms with van der Waals surface area (Å²) in [5.74, 6) is 0. The Hall–Kier alpha value is 0.194. The first-order chi connectivity index (χ1) is 9.05. The lowest BCUT2D eigenvalue weighted by molar-refractivity contribution is 0.0404. The van der Waals surface area contributed by atoms with Crippen LogP contribution in [0.25, 0.3) is 0 Å². The number of rotatable bonds is 8. The first kappa shape index (κ1) is 17.2. The molecule has 1 rings (SSSR count). The standard InChI is InChI=1S/C11H27NO5Si2/c1-13-18(5,14-2)10-11-19(15-3,16-4)12-6-8-17-9-7-12/h6-11H2,1-5H3. The van der Waals surface area contributed by atoms with Crippen molar-refractivity contribution in [1.82, 2.24) is 4.57 Å². The smallest absolute Gasteiger partial charge is 0.398 e. The van der Waals surface area contributed by atoms with Gasteiger partial charge in [0.05, 0.1) is 13.2 Å². The summed E-state index contributed by atoms with van der Waals surface area (Å²) in [7, 11) is 2.47. The maximum atomic E-state index is 5.81. The summed E-state index contributed by atoms with van der Waals surface area (Å²) in [5.41, 5.74) is 0. The van der Waals surface area contributed by atoms with Crippen molar-refractivity contribution < 1.29 is 22.4 Å². The van der Waals surface area contributed by atoms with Crippen LogP contribution in [-0.2, 0) is 22.4 Å². The van der Waals surface area contributed by atoms with Gasteiger partial charge in [0.25, 0.3) is 0 Å². The fourth-order valence-electron chi connectivity index (χ4n) is 2.28. The molecule has 1 aliphatic rings. The molecule has 0 unspecified atom stereocenters. The van der Waals surface area contributed by atoms with Crippen molar-refractivity contribution in [3.05, 3.63) is 0 Å². The number of hydrogen-bond acceptors (Lipinski definition) is 6. The summed E-state index contributed by atoms with van der Waals surface area (Å²) in [4.78, 5) is 0. The Morgan fingerprint density at radius 3 is 1.84 bits per heavy atom. The van der Waals surface area contributed by atoms with Crippen molar-refractivity contribution in [3.63, 3.8) is 0 Å². The Bertz CT molecular complexity index is 255. The predicted molar refractivity (Wildman–Crippen MR) is 77.4 cm³/mol. The third-order valence-electron chi connectivity index (χ3n) is 3.89. The molecule has 0 radical (unpaired) electrons. The Balaban J connectivity index is 2.70. The second-order valence-electron chi connectivity index (χ2n) is 4.76. The minimum absolute atomic E-state index is 0.741. The molecule has 8 heteroatoms. The molecule has 0 aromatic carbocycles. The van der Waals surface area contributed by atoms with E-state index in [4.69, 9.17) is 22.4 Å². The molecule has 0 spiro atoms. The van der Waals surface area contributed by atoms with Gasteiger partial charge in [0, 0.05) is 47.6 Å².